The second kappa shape index (κ2) is 9.01. The van der Waals surface area contributed by atoms with Crippen LogP contribution in [0.2, 0.25) is 0 Å². The number of nitrogens with one attached hydrogen (secondary N) is 2. The predicted octanol–water partition coefficient (Wildman–Crippen LogP) is 2.53. The Hall–Kier alpha value is -4.01. The van der Waals surface area contributed by atoms with Crippen molar-refractivity contribution < 1.29 is 23.8 Å². The van der Waals surface area contributed by atoms with E-state index < -0.39 is 17.9 Å². The van der Waals surface area contributed by atoms with Gasteiger partial charge < -0.3 is 25.3 Å². The van der Waals surface area contributed by atoms with Crippen molar-refractivity contribution in [2.24, 2.45) is 11.7 Å². The summed E-state index contributed by atoms with van der Waals surface area (Å²) in [5.74, 6) is 0.568. The number of aromatic nitrogens is 2. The van der Waals surface area contributed by atoms with Gasteiger partial charge in [-0.05, 0) is 54.8 Å². The number of H-pyrrole nitrogens is 1. The molecule has 9 nitrogen and oxygen atoms in total. The molecule has 2 heterocycles. The largest absolute Gasteiger partial charge is 0.497 e. The van der Waals surface area contributed by atoms with Crippen LogP contribution in [0, 0.1) is 5.92 Å². The molecule has 2 aromatic carbocycles. The minimum Gasteiger partial charge on any atom is -0.497 e. The SMILES string of the molecule is COc1ccc2c(c1)C[C@H](C(=O)Nc1ccc(-c3cn[nH]c3)cc1O[C@H](C)C(N)=O)CO2. The maximum atomic E-state index is 13.0. The molecule has 2 atom stereocenters. The Labute approximate surface area is 184 Å². The summed E-state index contributed by atoms with van der Waals surface area (Å²) >= 11 is 0. The zero-order valence-corrected chi connectivity index (χ0v) is 17.8. The lowest BCUT2D eigenvalue weighted by atomic mass is 9.95. The minimum atomic E-state index is -0.873. The van der Waals surface area contributed by atoms with Gasteiger partial charge in [0, 0.05) is 11.8 Å². The molecule has 32 heavy (non-hydrogen) atoms. The molecule has 1 aliphatic rings. The van der Waals surface area contributed by atoms with Crippen molar-refractivity contribution in [3.05, 3.63) is 54.4 Å². The molecular weight excluding hydrogens is 412 g/mol. The predicted molar refractivity (Wildman–Crippen MR) is 118 cm³/mol. The van der Waals surface area contributed by atoms with E-state index in [9.17, 15) is 9.59 Å². The van der Waals surface area contributed by atoms with Crippen LogP contribution in [0.1, 0.15) is 12.5 Å². The van der Waals surface area contributed by atoms with Gasteiger partial charge in [0.1, 0.15) is 23.9 Å². The van der Waals surface area contributed by atoms with Gasteiger partial charge in [-0.25, -0.2) is 0 Å². The van der Waals surface area contributed by atoms with E-state index in [1.807, 2.05) is 24.3 Å². The molecule has 0 spiro atoms. The Bertz CT molecular complexity index is 1130. The lowest BCUT2D eigenvalue weighted by Crippen LogP contribution is -2.33. The van der Waals surface area contributed by atoms with Crippen LogP contribution < -0.4 is 25.3 Å². The first-order valence-corrected chi connectivity index (χ1v) is 10.1. The minimum absolute atomic E-state index is 0.217. The third-order valence-electron chi connectivity index (χ3n) is 5.32. The highest BCUT2D eigenvalue weighted by atomic mass is 16.5. The molecule has 0 fully saturated rings. The van der Waals surface area contributed by atoms with Crippen LogP contribution in [0.25, 0.3) is 11.1 Å². The summed E-state index contributed by atoms with van der Waals surface area (Å²) in [6.45, 7) is 1.81. The van der Waals surface area contributed by atoms with Crippen LogP contribution in [-0.4, -0.2) is 41.8 Å². The van der Waals surface area contributed by atoms with Crippen molar-refractivity contribution in [2.45, 2.75) is 19.4 Å². The number of amides is 2. The van der Waals surface area contributed by atoms with Gasteiger partial charge in [0.05, 0.1) is 24.9 Å². The number of rotatable bonds is 7. The molecule has 0 unspecified atom stereocenters. The van der Waals surface area contributed by atoms with Crippen LogP contribution >= 0.6 is 0 Å². The molecule has 3 aromatic rings. The number of ether oxygens (including phenoxy) is 3. The van der Waals surface area contributed by atoms with E-state index in [1.165, 1.54) is 0 Å². The molecule has 4 rings (SSSR count). The maximum Gasteiger partial charge on any atom is 0.258 e. The topological polar surface area (TPSA) is 129 Å². The number of methoxy groups -OCH3 is 1. The van der Waals surface area contributed by atoms with Crippen LogP contribution in [0.5, 0.6) is 17.2 Å². The first-order valence-electron chi connectivity index (χ1n) is 10.1. The first kappa shape index (κ1) is 21.2. The van der Waals surface area contributed by atoms with Crippen molar-refractivity contribution in [1.82, 2.24) is 10.2 Å². The molecule has 166 valence electrons. The van der Waals surface area contributed by atoms with E-state index in [2.05, 4.69) is 15.5 Å². The fourth-order valence-electron chi connectivity index (χ4n) is 3.46. The van der Waals surface area contributed by atoms with Gasteiger partial charge in [-0.1, -0.05) is 6.07 Å². The summed E-state index contributed by atoms with van der Waals surface area (Å²) < 4.78 is 16.8. The molecule has 0 aliphatic carbocycles. The number of fused-ring (bicyclic) bond motifs is 1. The lowest BCUT2D eigenvalue weighted by Gasteiger charge is -2.25. The van der Waals surface area contributed by atoms with Crippen LogP contribution in [0.15, 0.2) is 48.8 Å². The van der Waals surface area contributed by atoms with E-state index in [0.29, 0.717) is 23.6 Å². The fraction of sp³-hybridized carbons (Fsp3) is 0.261. The summed E-state index contributed by atoms with van der Waals surface area (Å²) in [7, 11) is 1.59. The average Bonchev–Trinajstić information content (AvgIpc) is 3.34. The van der Waals surface area contributed by atoms with E-state index in [1.54, 1.807) is 38.6 Å². The van der Waals surface area contributed by atoms with Gasteiger partial charge in [0.15, 0.2) is 6.10 Å². The maximum absolute atomic E-state index is 13.0. The normalized spacial score (nSPS) is 15.8. The molecule has 0 saturated carbocycles. The highest BCUT2D eigenvalue weighted by Gasteiger charge is 2.27. The molecule has 9 heteroatoms. The van der Waals surface area contributed by atoms with Gasteiger partial charge in [-0.3, -0.25) is 14.7 Å². The monoisotopic (exact) mass is 436 g/mol. The van der Waals surface area contributed by atoms with E-state index in [4.69, 9.17) is 19.9 Å². The summed E-state index contributed by atoms with van der Waals surface area (Å²) in [5, 5.41) is 9.61. The Morgan fingerprint density at radius 1 is 1.25 bits per heavy atom. The highest BCUT2D eigenvalue weighted by Crippen LogP contribution is 2.34. The lowest BCUT2D eigenvalue weighted by molar-refractivity contribution is -0.124. The van der Waals surface area contributed by atoms with Gasteiger partial charge in [0.25, 0.3) is 5.91 Å². The standard InChI is InChI=1S/C23H24N4O5/c1-13(22(24)28)32-21-9-14(17-10-25-26-11-17)3-5-19(21)27-23(29)16-7-15-8-18(30-2)4-6-20(15)31-12-16/h3-6,8-11,13,16H,7,12H2,1-2H3,(H2,24,28)(H,25,26)(H,27,29)/t13-,16+/m1/s1. The molecular formula is C23H24N4O5. The van der Waals surface area contributed by atoms with Crippen molar-refractivity contribution in [3.8, 4) is 28.4 Å². The number of carbonyl (C=O) groups excluding carboxylic acids is 2. The second-order valence-electron chi connectivity index (χ2n) is 7.54. The zero-order valence-electron chi connectivity index (χ0n) is 17.8. The Morgan fingerprint density at radius 2 is 2.09 bits per heavy atom. The molecule has 1 aliphatic heterocycles. The average molecular weight is 436 g/mol. The van der Waals surface area contributed by atoms with Gasteiger partial charge >= 0.3 is 0 Å². The zero-order chi connectivity index (χ0) is 22.7. The summed E-state index contributed by atoms with van der Waals surface area (Å²) in [4.78, 5) is 24.6. The Kier molecular flexibility index (Phi) is 5.98. The quantitative estimate of drug-likeness (QED) is 0.522. The second-order valence-corrected chi connectivity index (χ2v) is 7.54. The Balaban J connectivity index is 1.55. The third-order valence-corrected chi connectivity index (χ3v) is 5.32. The molecule has 2 amide bonds. The number of nitrogens with two attached hydrogens (primary N) is 1. The number of benzene rings is 2. The molecule has 0 radical (unpaired) electrons. The van der Waals surface area contributed by atoms with Crippen molar-refractivity contribution >= 4 is 17.5 Å². The molecule has 0 saturated heterocycles. The van der Waals surface area contributed by atoms with E-state index in [0.717, 1.165) is 22.4 Å². The number of primary amides is 1. The van der Waals surface area contributed by atoms with E-state index >= 15 is 0 Å². The highest BCUT2D eigenvalue weighted by molar-refractivity contribution is 5.95. The number of hydrogen-bond donors (Lipinski definition) is 3. The molecule has 4 N–H and O–H groups in total. The number of hydrogen-bond acceptors (Lipinski definition) is 6. The fourth-order valence-corrected chi connectivity index (χ4v) is 3.46. The molecule has 0 bridgehead atoms. The van der Waals surface area contributed by atoms with Crippen LogP contribution in [-0.2, 0) is 16.0 Å². The van der Waals surface area contributed by atoms with Crippen LogP contribution in [0.3, 0.4) is 0 Å². The van der Waals surface area contributed by atoms with Crippen molar-refractivity contribution in [3.63, 3.8) is 0 Å². The number of carbonyl (C=O) groups is 2. The summed E-state index contributed by atoms with van der Waals surface area (Å²) in [5.41, 5.74) is 8.35. The number of nitrogens with zero attached hydrogens (tertiary/aromatic N) is 1. The van der Waals surface area contributed by atoms with E-state index in [-0.39, 0.29) is 12.5 Å². The van der Waals surface area contributed by atoms with Gasteiger partial charge in [-0.2, -0.15) is 5.10 Å². The summed E-state index contributed by atoms with van der Waals surface area (Å²) in [6.07, 6.45) is 3.04. The smallest absolute Gasteiger partial charge is 0.258 e. The first-order chi connectivity index (χ1) is 15.4. The number of aromatic amines is 1. The summed E-state index contributed by atoms with van der Waals surface area (Å²) in [6, 6.07) is 10.8. The third kappa shape index (κ3) is 4.51. The van der Waals surface area contributed by atoms with Crippen molar-refractivity contribution in [1.29, 1.82) is 0 Å². The van der Waals surface area contributed by atoms with Crippen LogP contribution in [0.4, 0.5) is 5.69 Å². The number of anilines is 1. The van der Waals surface area contributed by atoms with Crippen molar-refractivity contribution in [2.75, 3.05) is 19.0 Å². The molecule has 1 aromatic heterocycles. The van der Waals surface area contributed by atoms with Gasteiger partial charge in [-0.15, -0.1) is 0 Å². The Morgan fingerprint density at radius 3 is 2.81 bits per heavy atom. The van der Waals surface area contributed by atoms with Gasteiger partial charge in [0.2, 0.25) is 5.91 Å².